The van der Waals surface area contributed by atoms with Crippen molar-refractivity contribution in [2.24, 2.45) is 5.92 Å². The molecule has 2 N–H and O–H groups in total. The van der Waals surface area contributed by atoms with Crippen LogP contribution in [-0.4, -0.2) is 37.6 Å². The van der Waals surface area contributed by atoms with Gasteiger partial charge in [-0.1, -0.05) is 18.6 Å². The van der Waals surface area contributed by atoms with Crippen molar-refractivity contribution < 1.29 is 18.0 Å². The molecule has 1 aliphatic carbocycles. The van der Waals surface area contributed by atoms with Crippen LogP contribution in [0.2, 0.25) is 0 Å². The average molecular weight is 462 g/mol. The van der Waals surface area contributed by atoms with E-state index in [2.05, 4.69) is 10.6 Å². The minimum atomic E-state index is -3.46. The number of nitrogens with zero attached hydrogens (tertiary/aromatic N) is 1. The fraction of sp³-hybridized carbons (Fsp3) is 0.455. The maximum atomic E-state index is 12.8. The fourth-order valence-corrected chi connectivity index (χ4v) is 6.62. The maximum absolute atomic E-state index is 12.8. The van der Waals surface area contributed by atoms with E-state index in [-0.39, 0.29) is 24.2 Å². The topological polar surface area (TPSA) is 95.6 Å². The lowest BCUT2D eigenvalue weighted by molar-refractivity contribution is -0.120. The van der Waals surface area contributed by atoms with Crippen molar-refractivity contribution in [1.82, 2.24) is 9.62 Å². The molecule has 1 aromatic carbocycles. The normalized spacial score (nSPS) is 17.3. The molecule has 1 saturated heterocycles. The van der Waals surface area contributed by atoms with Crippen LogP contribution in [0.1, 0.15) is 42.5 Å². The number of amides is 2. The third kappa shape index (κ3) is 5.72. The predicted molar refractivity (Wildman–Crippen MR) is 120 cm³/mol. The number of piperidine rings is 1. The van der Waals surface area contributed by atoms with E-state index in [0.29, 0.717) is 23.8 Å². The highest BCUT2D eigenvalue weighted by Crippen LogP contribution is 2.30. The van der Waals surface area contributed by atoms with Crippen LogP contribution < -0.4 is 10.6 Å². The summed E-state index contributed by atoms with van der Waals surface area (Å²) in [5.74, 6) is 0.0168. The van der Waals surface area contributed by atoms with E-state index in [4.69, 9.17) is 0 Å². The summed E-state index contributed by atoms with van der Waals surface area (Å²) in [5, 5.41) is 5.77. The summed E-state index contributed by atoms with van der Waals surface area (Å²) in [5.41, 5.74) is 1.62. The van der Waals surface area contributed by atoms with Crippen LogP contribution in [0.15, 0.2) is 40.6 Å². The zero-order valence-electron chi connectivity index (χ0n) is 17.3. The molecule has 2 heterocycles. The minimum Gasteiger partial charge on any atom is -0.352 e. The van der Waals surface area contributed by atoms with Gasteiger partial charge >= 0.3 is 0 Å². The molecular formula is C22H27N3O4S2. The number of hydrogen-bond acceptors (Lipinski definition) is 5. The Morgan fingerprint density at radius 2 is 1.84 bits per heavy atom. The number of hydrogen-bond donors (Lipinski definition) is 2. The van der Waals surface area contributed by atoms with E-state index in [1.54, 1.807) is 16.4 Å². The second kappa shape index (κ2) is 9.50. The zero-order valence-corrected chi connectivity index (χ0v) is 18.9. The quantitative estimate of drug-likeness (QED) is 0.631. The summed E-state index contributed by atoms with van der Waals surface area (Å²) >= 11 is 1.16. The SMILES string of the molecule is O=C(Cc1ccc(S(=O)(=O)N2CCCCC2)s1)NCc1cccc(NC(=O)C2CC2)c1. The summed E-state index contributed by atoms with van der Waals surface area (Å²) in [6.45, 7) is 1.47. The monoisotopic (exact) mass is 461 g/mol. The highest BCUT2D eigenvalue weighted by atomic mass is 32.2. The van der Waals surface area contributed by atoms with Crippen LogP contribution in [0, 0.1) is 5.92 Å². The maximum Gasteiger partial charge on any atom is 0.252 e. The van der Waals surface area contributed by atoms with Gasteiger partial charge in [-0.05, 0) is 55.5 Å². The van der Waals surface area contributed by atoms with Gasteiger partial charge in [0.15, 0.2) is 0 Å². The molecule has 0 unspecified atom stereocenters. The third-order valence-electron chi connectivity index (χ3n) is 5.51. The van der Waals surface area contributed by atoms with Crippen molar-refractivity contribution in [1.29, 1.82) is 0 Å². The Morgan fingerprint density at radius 3 is 2.58 bits per heavy atom. The van der Waals surface area contributed by atoms with Gasteiger partial charge in [0.1, 0.15) is 4.21 Å². The Kier molecular flexibility index (Phi) is 6.74. The molecule has 0 atom stereocenters. The smallest absolute Gasteiger partial charge is 0.252 e. The first-order valence-electron chi connectivity index (χ1n) is 10.7. The highest BCUT2D eigenvalue weighted by Gasteiger charge is 2.29. The molecule has 2 fully saturated rings. The number of carbonyl (C=O) groups is 2. The summed E-state index contributed by atoms with van der Waals surface area (Å²) in [4.78, 5) is 25.0. The second-order valence-electron chi connectivity index (χ2n) is 8.10. The first kappa shape index (κ1) is 22.0. The minimum absolute atomic E-state index is 0.0502. The third-order valence-corrected chi connectivity index (χ3v) is 8.96. The summed E-state index contributed by atoms with van der Waals surface area (Å²) in [7, 11) is -3.46. The fourth-order valence-electron chi connectivity index (χ4n) is 3.59. The van der Waals surface area contributed by atoms with Gasteiger partial charge in [0.05, 0.1) is 6.42 Å². The van der Waals surface area contributed by atoms with Gasteiger partial charge < -0.3 is 10.6 Å². The Morgan fingerprint density at radius 1 is 1.06 bits per heavy atom. The molecule has 0 spiro atoms. The van der Waals surface area contributed by atoms with Crippen molar-refractivity contribution in [2.45, 2.75) is 49.3 Å². The summed E-state index contributed by atoms with van der Waals surface area (Å²) < 4.78 is 27.4. The molecule has 4 rings (SSSR count). The number of sulfonamides is 1. The number of benzene rings is 1. The van der Waals surface area contributed by atoms with Gasteiger partial charge in [0.25, 0.3) is 10.0 Å². The number of rotatable bonds is 8. The molecule has 1 saturated carbocycles. The molecule has 0 bridgehead atoms. The molecule has 166 valence electrons. The molecule has 2 aliphatic rings. The predicted octanol–water partition coefficient (Wildman–Crippen LogP) is 3.13. The van der Waals surface area contributed by atoms with E-state index in [9.17, 15) is 18.0 Å². The Labute approximate surface area is 186 Å². The molecule has 31 heavy (non-hydrogen) atoms. The Bertz CT molecular complexity index is 1050. The van der Waals surface area contributed by atoms with E-state index in [1.165, 1.54) is 0 Å². The molecule has 2 amide bonds. The Balaban J connectivity index is 1.30. The zero-order chi connectivity index (χ0) is 21.8. The van der Waals surface area contributed by atoms with Gasteiger partial charge in [0.2, 0.25) is 11.8 Å². The van der Waals surface area contributed by atoms with Gasteiger partial charge in [-0.3, -0.25) is 9.59 Å². The van der Waals surface area contributed by atoms with Crippen molar-refractivity contribution in [3.05, 3.63) is 46.8 Å². The lowest BCUT2D eigenvalue weighted by Crippen LogP contribution is -2.35. The van der Waals surface area contributed by atoms with Crippen molar-refractivity contribution in [3.8, 4) is 0 Å². The van der Waals surface area contributed by atoms with Gasteiger partial charge in [-0.25, -0.2) is 8.42 Å². The van der Waals surface area contributed by atoms with Crippen LogP contribution >= 0.6 is 11.3 Å². The van der Waals surface area contributed by atoms with Crippen molar-refractivity contribution in [3.63, 3.8) is 0 Å². The lowest BCUT2D eigenvalue weighted by Gasteiger charge is -2.25. The molecule has 7 nitrogen and oxygen atoms in total. The molecule has 1 aromatic heterocycles. The van der Waals surface area contributed by atoms with Crippen LogP contribution in [-0.2, 0) is 32.6 Å². The van der Waals surface area contributed by atoms with Gasteiger partial charge in [0, 0.05) is 36.1 Å². The first-order valence-corrected chi connectivity index (χ1v) is 12.9. The standard InChI is InChI=1S/C22H27N3O4S2/c26-20(23-15-16-5-4-6-18(13-16)24-22(27)17-7-8-17)14-19-9-10-21(30-19)31(28,29)25-11-2-1-3-12-25/h4-6,9-10,13,17H,1-3,7-8,11-12,14-15H2,(H,23,26)(H,24,27). The van der Waals surface area contributed by atoms with Crippen LogP contribution in [0.25, 0.3) is 0 Å². The van der Waals surface area contributed by atoms with E-state index in [0.717, 1.165) is 59.6 Å². The molecular weight excluding hydrogens is 434 g/mol. The van der Waals surface area contributed by atoms with Crippen LogP contribution in [0.3, 0.4) is 0 Å². The van der Waals surface area contributed by atoms with Crippen molar-refractivity contribution in [2.75, 3.05) is 18.4 Å². The summed E-state index contributed by atoms with van der Waals surface area (Å²) in [6.07, 6.45) is 4.89. The molecule has 2 aromatic rings. The van der Waals surface area contributed by atoms with Gasteiger partial charge in [-0.2, -0.15) is 4.31 Å². The second-order valence-corrected chi connectivity index (χ2v) is 11.4. The molecule has 1 aliphatic heterocycles. The number of thiophene rings is 1. The number of carbonyl (C=O) groups excluding carboxylic acids is 2. The van der Waals surface area contributed by atoms with E-state index < -0.39 is 10.0 Å². The average Bonchev–Trinajstić information content (AvgIpc) is 3.52. The molecule has 9 heteroatoms. The number of nitrogens with one attached hydrogen (secondary N) is 2. The van der Waals surface area contributed by atoms with Gasteiger partial charge in [-0.15, -0.1) is 11.3 Å². The summed E-state index contributed by atoms with van der Waals surface area (Å²) in [6, 6.07) is 10.7. The van der Waals surface area contributed by atoms with E-state index >= 15 is 0 Å². The largest absolute Gasteiger partial charge is 0.352 e. The molecule has 0 radical (unpaired) electrons. The van der Waals surface area contributed by atoms with E-state index in [1.807, 2.05) is 24.3 Å². The highest BCUT2D eigenvalue weighted by molar-refractivity contribution is 7.91. The van der Waals surface area contributed by atoms with Crippen molar-refractivity contribution >= 4 is 38.9 Å². The van der Waals surface area contributed by atoms with Crippen LogP contribution in [0.4, 0.5) is 5.69 Å². The first-order chi connectivity index (χ1) is 14.9. The Hall–Kier alpha value is -2.23. The van der Waals surface area contributed by atoms with Crippen LogP contribution in [0.5, 0.6) is 0 Å². The lowest BCUT2D eigenvalue weighted by atomic mass is 10.2. The number of anilines is 1.